The Morgan fingerprint density at radius 3 is 2.43 bits per heavy atom. The van der Waals surface area contributed by atoms with Crippen LogP contribution in [-0.4, -0.2) is 18.8 Å². The van der Waals surface area contributed by atoms with Gasteiger partial charge in [-0.2, -0.15) is 0 Å². The van der Waals surface area contributed by atoms with Crippen molar-refractivity contribution in [1.82, 2.24) is 5.32 Å². The van der Waals surface area contributed by atoms with E-state index in [2.05, 4.69) is 17.4 Å². The lowest BCUT2D eigenvalue weighted by molar-refractivity contribution is -0.123. The zero-order valence-corrected chi connectivity index (χ0v) is 13.0. The van der Waals surface area contributed by atoms with Crippen LogP contribution in [0.3, 0.4) is 0 Å². The van der Waals surface area contributed by atoms with Gasteiger partial charge in [0.25, 0.3) is 5.91 Å². The summed E-state index contributed by atoms with van der Waals surface area (Å²) in [6.45, 7) is 1.99. The van der Waals surface area contributed by atoms with Crippen LogP contribution in [0.1, 0.15) is 18.5 Å². The molecule has 0 radical (unpaired) electrons. The smallest absolute Gasteiger partial charge is 0.258 e. The van der Waals surface area contributed by atoms with Crippen molar-refractivity contribution in [3.63, 3.8) is 0 Å². The molecule has 0 spiro atoms. The van der Waals surface area contributed by atoms with Crippen molar-refractivity contribution in [2.24, 2.45) is 0 Å². The second-order valence-electron chi connectivity index (χ2n) is 4.66. The van der Waals surface area contributed by atoms with E-state index in [1.54, 1.807) is 11.8 Å². The highest BCUT2D eigenvalue weighted by atomic mass is 32.2. The van der Waals surface area contributed by atoms with Crippen LogP contribution in [0.5, 0.6) is 5.75 Å². The van der Waals surface area contributed by atoms with Gasteiger partial charge in [-0.15, -0.1) is 11.8 Å². The van der Waals surface area contributed by atoms with Gasteiger partial charge in [-0.3, -0.25) is 4.79 Å². The molecule has 1 atom stereocenters. The first-order chi connectivity index (χ1) is 10.2. The monoisotopic (exact) mass is 301 g/mol. The van der Waals surface area contributed by atoms with E-state index in [9.17, 15) is 4.79 Å². The first-order valence-electron chi connectivity index (χ1n) is 6.80. The van der Waals surface area contributed by atoms with Gasteiger partial charge >= 0.3 is 0 Å². The lowest BCUT2D eigenvalue weighted by Gasteiger charge is -2.15. The lowest BCUT2D eigenvalue weighted by Crippen LogP contribution is -2.31. The van der Waals surface area contributed by atoms with Gasteiger partial charge in [-0.25, -0.2) is 0 Å². The summed E-state index contributed by atoms with van der Waals surface area (Å²) in [5, 5.41) is 2.93. The Balaban J connectivity index is 1.83. The minimum absolute atomic E-state index is 0.0250. The highest BCUT2D eigenvalue weighted by Gasteiger charge is 2.10. The number of thioether (sulfide) groups is 1. The molecule has 4 heteroatoms. The first kappa shape index (κ1) is 15.4. The number of amides is 1. The second-order valence-corrected chi connectivity index (χ2v) is 5.54. The predicted molar refractivity (Wildman–Crippen MR) is 86.7 cm³/mol. The van der Waals surface area contributed by atoms with Gasteiger partial charge in [0.2, 0.25) is 0 Å². The Morgan fingerprint density at radius 1 is 1.14 bits per heavy atom. The minimum Gasteiger partial charge on any atom is -0.484 e. The van der Waals surface area contributed by atoms with E-state index in [1.807, 2.05) is 55.6 Å². The molecule has 21 heavy (non-hydrogen) atoms. The zero-order chi connectivity index (χ0) is 15.1. The molecule has 0 bridgehead atoms. The van der Waals surface area contributed by atoms with Crippen LogP contribution < -0.4 is 10.1 Å². The Labute approximate surface area is 129 Å². The average Bonchev–Trinajstić information content (AvgIpc) is 2.54. The van der Waals surface area contributed by atoms with Crippen molar-refractivity contribution < 1.29 is 9.53 Å². The third kappa shape index (κ3) is 4.83. The summed E-state index contributed by atoms with van der Waals surface area (Å²) in [5.41, 5.74) is 1.08. The van der Waals surface area contributed by atoms with Gasteiger partial charge in [-0.1, -0.05) is 30.3 Å². The summed E-state index contributed by atoms with van der Waals surface area (Å²) >= 11 is 1.70. The lowest BCUT2D eigenvalue weighted by atomic mass is 10.1. The third-order valence-corrected chi connectivity index (χ3v) is 3.85. The molecule has 0 aliphatic heterocycles. The molecule has 0 saturated carbocycles. The first-order valence-corrected chi connectivity index (χ1v) is 8.02. The number of ether oxygens (including phenoxy) is 1. The number of carbonyl (C=O) groups excluding carboxylic acids is 1. The molecule has 0 aliphatic rings. The van der Waals surface area contributed by atoms with Crippen LogP contribution in [0.15, 0.2) is 59.5 Å². The molecule has 0 aromatic heterocycles. The molecule has 0 fully saturated rings. The normalized spacial score (nSPS) is 11.7. The Kier molecular flexibility index (Phi) is 5.69. The SMILES string of the molecule is CSc1ccc([C@H](C)NC(=O)COc2ccccc2)cc1. The number of hydrogen-bond acceptors (Lipinski definition) is 3. The molecule has 110 valence electrons. The van der Waals surface area contributed by atoms with Crippen LogP contribution in [-0.2, 0) is 4.79 Å². The fourth-order valence-corrected chi connectivity index (χ4v) is 2.33. The predicted octanol–water partition coefficient (Wildman–Crippen LogP) is 3.66. The van der Waals surface area contributed by atoms with Crippen molar-refractivity contribution >= 4 is 17.7 Å². The fraction of sp³-hybridized carbons (Fsp3) is 0.235. The summed E-state index contributed by atoms with van der Waals surface area (Å²) in [6.07, 6.45) is 2.04. The van der Waals surface area contributed by atoms with Gasteiger partial charge in [0.05, 0.1) is 6.04 Å². The van der Waals surface area contributed by atoms with Crippen LogP contribution >= 0.6 is 11.8 Å². The van der Waals surface area contributed by atoms with Gasteiger partial charge < -0.3 is 10.1 Å². The highest BCUT2D eigenvalue weighted by molar-refractivity contribution is 7.98. The molecule has 2 aromatic rings. The summed E-state index contributed by atoms with van der Waals surface area (Å²) in [4.78, 5) is 13.1. The second kappa shape index (κ2) is 7.74. The minimum atomic E-state index is -0.125. The summed E-state index contributed by atoms with van der Waals surface area (Å²) in [6, 6.07) is 17.5. The number of hydrogen-bond donors (Lipinski definition) is 1. The molecule has 2 rings (SSSR count). The van der Waals surface area contributed by atoms with E-state index in [4.69, 9.17) is 4.74 Å². The van der Waals surface area contributed by atoms with Crippen LogP contribution in [0.4, 0.5) is 0 Å². The number of rotatable bonds is 6. The maximum atomic E-state index is 11.9. The average molecular weight is 301 g/mol. The molecule has 0 saturated heterocycles. The Morgan fingerprint density at radius 2 is 1.81 bits per heavy atom. The Hall–Kier alpha value is -1.94. The number of para-hydroxylation sites is 1. The van der Waals surface area contributed by atoms with Crippen LogP contribution in [0, 0.1) is 0 Å². The molecular formula is C17H19NO2S. The Bertz CT molecular complexity index is 569. The zero-order valence-electron chi connectivity index (χ0n) is 12.2. The van der Waals surface area contributed by atoms with E-state index in [0.717, 1.165) is 5.56 Å². The fourth-order valence-electron chi connectivity index (χ4n) is 1.92. The van der Waals surface area contributed by atoms with E-state index >= 15 is 0 Å². The van der Waals surface area contributed by atoms with Gasteiger partial charge in [0.1, 0.15) is 5.75 Å². The van der Waals surface area contributed by atoms with Crippen LogP contribution in [0.25, 0.3) is 0 Å². The molecule has 1 N–H and O–H groups in total. The van der Waals surface area contributed by atoms with Gasteiger partial charge in [0, 0.05) is 4.90 Å². The summed E-state index contributed by atoms with van der Waals surface area (Å²) in [5.74, 6) is 0.574. The van der Waals surface area contributed by atoms with E-state index in [0.29, 0.717) is 5.75 Å². The largest absolute Gasteiger partial charge is 0.484 e. The topological polar surface area (TPSA) is 38.3 Å². The quantitative estimate of drug-likeness (QED) is 0.827. The summed E-state index contributed by atoms with van der Waals surface area (Å²) < 4.78 is 5.43. The maximum Gasteiger partial charge on any atom is 0.258 e. The maximum absolute atomic E-state index is 11.9. The molecule has 3 nitrogen and oxygen atoms in total. The number of carbonyl (C=O) groups is 1. The van der Waals surface area contributed by atoms with E-state index in [-0.39, 0.29) is 18.6 Å². The van der Waals surface area contributed by atoms with Crippen molar-refractivity contribution in [3.8, 4) is 5.75 Å². The van der Waals surface area contributed by atoms with Gasteiger partial charge in [-0.05, 0) is 43.0 Å². The van der Waals surface area contributed by atoms with Crippen LogP contribution in [0.2, 0.25) is 0 Å². The molecule has 0 aliphatic carbocycles. The molecule has 0 unspecified atom stereocenters. The molecule has 0 heterocycles. The molecular weight excluding hydrogens is 282 g/mol. The van der Waals surface area contributed by atoms with Gasteiger partial charge in [0.15, 0.2) is 6.61 Å². The number of nitrogens with one attached hydrogen (secondary N) is 1. The molecule has 2 aromatic carbocycles. The van der Waals surface area contributed by atoms with Crippen molar-refractivity contribution in [2.75, 3.05) is 12.9 Å². The van der Waals surface area contributed by atoms with E-state index < -0.39 is 0 Å². The standard InChI is InChI=1S/C17H19NO2S/c1-13(14-8-10-16(21-2)11-9-14)18-17(19)12-20-15-6-4-3-5-7-15/h3-11,13H,12H2,1-2H3,(H,18,19)/t13-/m0/s1. The third-order valence-electron chi connectivity index (χ3n) is 3.11. The van der Waals surface area contributed by atoms with Crippen molar-refractivity contribution in [1.29, 1.82) is 0 Å². The van der Waals surface area contributed by atoms with Crippen molar-refractivity contribution in [3.05, 3.63) is 60.2 Å². The number of benzene rings is 2. The highest BCUT2D eigenvalue weighted by Crippen LogP contribution is 2.18. The summed E-state index contributed by atoms with van der Waals surface area (Å²) in [7, 11) is 0. The van der Waals surface area contributed by atoms with Crippen molar-refractivity contribution in [2.45, 2.75) is 17.9 Å². The van der Waals surface area contributed by atoms with E-state index in [1.165, 1.54) is 4.90 Å². The molecule has 1 amide bonds.